The molecule has 1 saturated heterocycles. The average Bonchev–Trinajstić information content (AvgIpc) is 3.02. The summed E-state index contributed by atoms with van der Waals surface area (Å²) < 4.78 is 33.0. The maximum absolute atomic E-state index is 13.4. The fourth-order valence-corrected chi connectivity index (χ4v) is 4.88. The van der Waals surface area contributed by atoms with Crippen LogP contribution in [0, 0.1) is 0 Å². The molecule has 8 heteroatoms. The summed E-state index contributed by atoms with van der Waals surface area (Å²) in [5.74, 6) is 0.363. The number of methoxy groups -OCH3 is 1. The number of ether oxygens (including phenoxy) is 1. The third-order valence-electron chi connectivity index (χ3n) is 5.00. The summed E-state index contributed by atoms with van der Waals surface area (Å²) in [7, 11) is -2.43. The predicted octanol–water partition coefficient (Wildman–Crippen LogP) is 3.95. The highest BCUT2D eigenvalue weighted by atomic mass is 35.5. The third-order valence-corrected chi connectivity index (χ3v) is 7.04. The number of carbonyl (C=O) groups excluding carboxylic acids is 1. The van der Waals surface area contributed by atoms with Crippen molar-refractivity contribution >= 4 is 33.2 Å². The van der Waals surface area contributed by atoms with Crippen LogP contribution in [0.4, 0.5) is 5.69 Å². The van der Waals surface area contributed by atoms with Crippen molar-refractivity contribution in [3.8, 4) is 5.75 Å². The number of sulfonamides is 1. The van der Waals surface area contributed by atoms with Gasteiger partial charge in [-0.3, -0.25) is 9.10 Å². The molecule has 1 fully saturated rings. The number of benzene rings is 2. The molecule has 0 atom stereocenters. The maximum Gasteiger partial charge on any atom is 0.264 e. The molecule has 29 heavy (non-hydrogen) atoms. The number of nitrogens with zero attached hydrogens (tertiary/aromatic N) is 2. The molecule has 3 rings (SSSR count). The molecule has 1 aliphatic rings. The van der Waals surface area contributed by atoms with Crippen molar-refractivity contribution in [1.82, 2.24) is 4.90 Å². The molecule has 0 aromatic heterocycles. The summed E-state index contributed by atoms with van der Waals surface area (Å²) in [4.78, 5) is 14.8. The van der Waals surface area contributed by atoms with E-state index in [9.17, 15) is 13.2 Å². The molecule has 2 aromatic carbocycles. The molecule has 0 N–H and O–H groups in total. The van der Waals surface area contributed by atoms with Crippen LogP contribution in [0.15, 0.2) is 53.4 Å². The Hall–Kier alpha value is -2.25. The first kappa shape index (κ1) is 21.5. The second kappa shape index (κ2) is 9.50. The van der Waals surface area contributed by atoms with Gasteiger partial charge in [-0.15, -0.1) is 0 Å². The number of halogens is 1. The normalized spacial score (nSPS) is 14.9. The van der Waals surface area contributed by atoms with Gasteiger partial charge in [-0.05, 0) is 61.4 Å². The summed E-state index contributed by atoms with van der Waals surface area (Å²) >= 11 is 5.97. The van der Waals surface area contributed by atoms with Crippen LogP contribution in [0.25, 0.3) is 0 Å². The number of hydrogen-bond donors (Lipinski definition) is 0. The molecule has 0 saturated carbocycles. The zero-order valence-corrected chi connectivity index (χ0v) is 18.0. The minimum absolute atomic E-state index is 0.0944. The lowest BCUT2D eigenvalue weighted by Gasteiger charge is -2.28. The van der Waals surface area contributed by atoms with Gasteiger partial charge in [-0.25, -0.2) is 8.42 Å². The van der Waals surface area contributed by atoms with Gasteiger partial charge < -0.3 is 9.64 Å². The standard InChI is InChI=1S/C21H25ClN2O4S/c1-28-19-10-12-20(13-11-19)29(26,27)24(18-8-6-17(22)7-9-18)16-21(25)23-14-4-2-3-5-15-23/h6-13H,2-5,14-16H2,1H3. The van der Waals surface area contributed by atoms with Crippen LogP contribution < -0.4 is 9.04 Å². The van der Waals surface area contributed by atoms with Crippen molar-refractivity contribution in [2.24, 2.45) is 0 Å². The van der Waals surface area contributed by atoms with Crippen LogP contribution in [-0.4, -0.2) is 46.0 Å². The van der Waals surface area contributed by atoms with Crippen molar-refractivity contribution in [2.45, 2.75) is 30.6 Å². The van der Waals surface area contributed by atoms with E-state index in [1.807, 2.05) is 0 Å². The van der Waals surface area contributed by atoms with E-state index in [4.69, 9.17) is 16.3 Å². The highest BCUT2D eigenvalue weighted by molar-refractivity contribution is 7.92. The van der Waals surface area contributed by atoms with E-state index in [2.05, 4.69) is 0 Å². The van der Waals surface area contributed by atoms with Gasteiger partial charge in [-0.2, -0.15) is 0 Å². The second-order valence-corrected chi connectivity index (χ2v) is 9.26. The Labute approximate surface area is 177 Å². The Kier molecular flexibility index (Phi) is 7.03. The van der Waals surface area contributed by atoms with Gasteiger partial charge in [0, 0.05) is 18.1 Å². The van der Waals surface area contributed by atoms with Gasteiger partial charge in [0.2, 0.25) is 5.91 Å². The Balaban J connectivity index is 1.93. The zero-order chi connectivity index (χ0) is 20.9. The van der Waals surface area contributed by atoms with Crippen molar-refractivity contribution in [1.29, 1.82) is 0 Å². The van der Waals surface area contributed by atoms with Gasteiger partial charge >= 0.3 is 0 Å². The smallest absolute Gasteiger partial charge is 0.264 e. The predicted molar refractivity (Wildman–Crippen MR) is 114 cm³/mol. The topological polar surface area (TPSA) is 66.9 Å². The number of anilines is 1. The lowest BCUT2D eigenvalue weighted by Crippen LogP contribution is -2.43. The minimum atomic E-state index is -3.95. The average molecular weight is 437 g/mol. The van der Waals surface area contributed by atoms with Gasteiger partial charge in [0.25, 0.3) is 10.0 Å². The molecule has 0 spiro atoms. The highest BCUT2D eigenvalue weighted by Crippen LogP contribution is 2.27. The lowest BCUT2D eigenvalue weighted by atomic mass is 10.2. The maximum atomic E-state index is 13.4. The largest absolute Gasteiger partial charge is 0.497 e. The molecular weight excluding hydrogens is 412 g/mol. The van der Waals surface area contributed by atoms with Crippen LogP contribution >= 0.6 is 11.6 Å². The van der Waals surface area contributed by atoms with E-state index in [1.54, 1.807) is 41.3 Å². The SMILES string of the molecule is COc1ccc(S(=O)(=O)N(CC(=O)N2CCCCCC2)c2ccc(Cl)cc2)cc1. The quantitative estimate of drug-likeness (QED) is 0.687. The summed E-state index contributed by atoms with van der Waals surface area (Å²) in [6.45, 7) is 1.07. The number of carbonyl (C=O) groups is 1. The van der Waals surface area contributed by atoms with Crippen LogP contribution in [0.1, 0.15) is 25.7 Å². The van der Waals surface area contributed by atoms with Crippen LogP contribution in [0.3, 0.4) is 0 Å². The van der Waals surface area contributed by atoms with Crippen LogP contribution in [0.5, 0.6) is 5.75 Å². The molecule has 2 aromatic rings. The van der Waals surface area contributed by atoms with E-state index in [0.717, 1.165) is 30.0 Å². The Bertz CT molecular complexity index is 922. The molecular formula is C21H25ClN2O4S. The van der Waals surface area contributed by atoms with Crippen molar-refractivity contribution in [3.05, 3.63) is 53.6 Å². The first-order valence-electron chi connectivity index (χ1n) is 9.62. The molecule has 0 unspecified atom stereocenters. The van der Waals surface area contributed by atoms with Crippen LogP contribution in [-0.2, 0) is 14.8 Å². The van der Waals surface area contributed by atoms with E-state index >= 15 is 0 Å². The Morgan fingerprint density at radius 1 is 1.00 bits per heavy atom. The molecule has 1 heterocycles. The fourth-order valence-electron chi connectivity index (χ4n) is 3.34. The first-order valence-corrected chi connectivity index (χ1v) is 11.4. The van der Waals surface area contributed by atoms with E-state index < -0.39 is 10.0 Å². The number of hydrogen-bond acceptors (Lipinski definition) is 4. The van der Waals surface area contributed by atoms with E-state index in [-0.39, 0.29) is 17.3 Å². The summed E-state index contributed by atoms with van der Waals surface area (Å²) in [5, 5.41) is 0.495. The summed E-state index contributed by atoms with van der Waals surface area (Å²) in [6, 6.07) is 12.6. The lowest BCUT2D eigenvalue weighted by molar-refractivity contribution is -0.129. The third kappa shape index (κ3) is 5.22. The van der Waals surface area contributed by atoms with E-state index in [1.165, 1.54) is 19.2 Å². The van der Waals surface area contributed by atoms with Crippen LogP contribution in [0.2, 0.25) is 5.02 Å². The molecule has 156 valence electrons. The van der Waals surface area contributed by atoms with Crippen molar-refractivity contribution in [2.75, 3.05) is 31.0 Å². The number of rotatable bonds is 6. The van der Waals surface area contributed by atoms with Gasteiger partial charge in [-0.1, -0.05) is 24.4 Å². The Morgan fingerprint density at radius 3 is 2.14 bits per heavy atom. The summed E-state index contributed by atoms with van der Waals surface area (Å²) in [5.41, 5.74) is 0.397. The molecule has 0 radical (unpaired) electrons. The first-order chi connectivity index (χ1) is 13.9. The molecule has 0 bridgehead atoms. The number of amides is 1. The fraction of sp³-hybridized carbons (Fsp3) is 0.381. The zero-order valence-electron chi connectivity index (χ0n) is 16.4. The van der Waals surface area contributed by atoms with Crippen molar-refractivity contribution < 1.29 is 17.9 Å². The van der Waals surface area contributed by atoms with Gasteiger partial charge in [0.15, 0.2) is 0 Å². The second-order valence-electron chi connectivity index (χ2n) is 6.96. The number of likely N-dealkylation sites (tertiary alicyclic amines) is 1. The van der Waals surface area contributed by atoms with Gasteiger partial charge in [0.05, 0.1) is 17.7 Å². The van der Waals surface area contributed by atoms with E-state index in [0.29, 0.717) is 29.5 Å². The Morgan fingerprint density at radius 2 is 1.59 bits per heavy atom. The molecule has 1 aliphatic heterocycles. The molecule has 0 aliphatic carbocycles. The minimum Gasteiger partial charge on any atom is -0.497 e. The van der Waals surface area contributed by atoms with Gasteiger partial charge in [0.1, 0.15) is 12.3 Å². The molecule has 1 amide bonds. The monoisotopic (exact) mass is 436 g/mol. The molecule has 6 nitrogen and oxygen atoms in total. The van der Waals surface area contributed by atoms with Crippen molar-refractivity contribution in [3.63, 3.8) is 0 Å². The highest BCUT2D eigenvalue weighted by Gasteiger charge is 2.29. The summed E-state index contributed by atoms with van der Waals surface area (Å²) in [6.07, 6.45) is 4.07.